The molecular weight excluding hydrogens is 699 g/mol. The number of carbonyl (C=O) groups is 4. The first kappa shape index (κ1) is 36.8. The average Bonchev–Trinajstić information content (AvgIpc) is 3.51. The van der Waals surface area contributed by atoms with Gasteiger partial charge in [0.2, 0.25) is 0 Å². The molecular formula is C38H39N7O7S. The molecule has 14 nitrogen and oxygen atoms in total. The molecule has 2 aromatic carbocycles. The number of thiophene rings is 1. The van der Waals surface area contributed by atoms with Crippen LogP contribution in [-0.4, -0.2) is 88.8 Å². The predicted octanol–water partition coefficient (Wildman–Crippen LogP) is 6.66. The predicted molar refractivity (Wildman–Crippen MR) is 200 cm³/mol. The molecule has 2 aliphatic rings. The van der Waals surface area contributed by atoms with Crippen molar-refractivity contribution < 1.29 is 33.8 Å². The van der Waals surface area contributed by atoms with Crippen molar-refractivity contribution in [2.45, 2.75) is 45.2 Å². The van der Waals surface area contributed by atoms with Crippen molar-refractivity contribution in [2.75, 3.05) is 43.6 Å². The van der Waals surface area contributed by atoms with Crippen LogP contribution in [0.1, 0.15) is 41.9 Å². The van der Waals surface area contributed by atoms with E-state index in [9.17, 15) is 29.5 Å². The Morgan fingerprint density at radius 2 is 1.94 bits per heavy atom. The van der Waals surface area contributed by atoms with E-state index in [0.29, 0.717) is 58.2 Å². The number of nitrogens with one attached hydrogen (secondary N) is 2. The number of pyridine rings is 1. The van der Waals surface area contributed by atoms with E-state index in [2.05, 4.69) is 15.6 Å². The molecule has 1 unspecified atom stereocenters. The van der Waals surface area contributed by atoms with Crippen molar-refractivity contribution in [3.8, 4) is 17.6 Å². The third-order valence-corrected chi connectivity index (χ3v) is 10.3. The maximum Gasteiger partial charge on any atom is 0.408 e. The van der Waals surface area contributed by atoms with Gasteiger partial charge in [0.15, 0.2) is 0 Å². The minimum Gasteiger partial charge on any atom is -0.465 e. The van der Waals surface area contributed by atoms with Crippen LogP contribution in [0.4, 0.5) is 26.7 Å². The third kappa shape index (κ3) is 7.64. The fourth-order valence-corrected chi connectivity index (χ4v) is 7.66. The summed E-state index contributed by atoms with van der Waals surface area (Å²) in [6.07, 6.45) is 2.91. The molecule has 0 radical (unpaired) electrons. The monoisotopic (exact) mass is 737 g/mol. The van der Waals surface area contributed by atoms with Crippen molar-refractivity contribution in [1.29, 1.82) is 5.26 Å². The number of nitriles is 1. The van der Waals surface area contributed by atoms with Crippen LogP contribution >= 0.6 is 11.3 Å². The van der Waals surface area contributed by atoms with Crippen LogP contribution in [0.25, 0.3) is 10.2 Å². The molecule has 4 aromatic rings. The Bertz CT molecular complexity index is 2140. The number of rotatable bonds is 11. The van der Waals surface area contributed by atoms with Crippen molar-refractivity contribution in [3.05, 3.63) is 82.9 Å². The summed E-state index contributed by atoms with van der Waals surface area (Å²) in [5.41, 5.74) is 1.02. The van der Waals surface area contributed by atoms with E-state index in [1.807, 2.05) is 55.5 Å². The fraction of sp³-hybridized carbons (Fsp3) is 0.316. The lowest BCUT2D eigenvalue weighted by Crippen LogP contribution is -2.51. The Labute approximate surface area is 310 Å². The number of likely N-dealkylation sites (tertiary alicyclic amines) is 1. The Hall–Kier alpha value is -5.98. The van der Waals surface area contributed by atoms with Gasteiger partial charge in [0.25, 0.3) is 11.8 Å². The molecule has 4 heterocycles. The molecule has 0 spiro atoms. The first-order chi connectivity index (χ1) is 25.4. The van der Waals surface area contributed by atoms with Gasteiger partial charge in [-0.25, -0.2) is 14.6 Å². The molecule has 0 aliphatic carbocycles. The molecule has 1 fully saturated rings. The molecule has 6 rings (SSSR count). The van der Waals surface area contributed by atoms with Crippen molar-refractivity contribution in [1.82, 2.24) is 20.1 Å². The topological polar surface area (TPSA) is 177 Å². The van der Waals surface area contributed by atoms with Crippen molar-refractivity contribution in [2.24, 2.45) is 0 Å². The lowest BCUT2D eigenvalue weighted by molar-refractivity contribution is -0.128. The van der Waals surface area contributed by atoms with Crippen molar-refractivity contribution in [3.63, 3.8) is 0 Å². The summed E-state index contributed by atoms with van der Waals surface area (Å²) in [5, 5.41) is 26.3. The van der Waals surface area contributed by atoms with Crippen LogP contribution in [0.3, 0.4) is 0 Å². The van der Waals surface area contributed by atoms with Crippen molar-refractivity contribution >= 4 is 62.6 Å². The number of hydrogen-bond donors (Lipinski definition) is 3. The van der Waals surface area contributed by atoms with Crippen LogP contribution < -0.4 is 20.3 Å². The summed E-state index contributed by atoms with van der Waals surface area (Å²) in [6.45, 7) is 5.80. The number of carboxylic acid groups (broad SMARTS) is 1. The number of methoxy groups -OCH3 is 1. The first-order valence-corrected chi connectivity index (χ1v) is 17.8. The lowest BCUT2D eigenvalue weighted by Gasteiger charge is -2.35. The molecule has 1 saturated heterocycles. The zero-order chi connectivity index (χ0) is 37.9. The number of ether oxygens (including phenoxy) is 2. The molecule has 1 atom stereocenters. The van der Waals surface area contributed by atoms with Gasteiger partial charge in [-0.1, -0.05) is 18.2 Å². The molecule has 15 heteroatoms. The van der Waals surface area contributed by atoms with Crippen LogP contribution in [-0.2, 0) is 9.53 Å². The highest BCUT2D eigenvalue weighted by Crippen LogP contribution is 2.46. The van der Waals surface area contributed by atoms with Gasteiger partial charge in [-0.05, 0) is 81.7 Å². The second-order valence-electron chi connectivity index (χ2n) is 13.3. The summed E-state index contributed by atoms with van der Waals surface area (Å²) < 4.78 is 11.0. The zero-order valence-electron chi connectivity index (χ0n) is 29.7. The third-order valence-electron chi connectivity index (χ3n) is 9.18. The number of hydrogen-bond acceptors (Lipinski definition) is 9. The number of urea groups is 1. The number of para-hydroxylation sites is 1. The number of aryl methyl sites for hydroxylation is 1. The number of amides is 5. The van der Waals surface area contributed by atoms with Crippen LogP contribution in [0.15, 0.2) is 72.4 Å². The molecule has 3 N–H and O–H groups in total. The molecule has 53 heavy (non-hydrogen) atoms. The number of anilines is 3. The van der Waals surface area contributed by atoms with E-state index < -0.39 is 35.5 Å². The summed E-state index contributed by atoms with van der Waals surface area (Å²) in [4.78, 5) is 62.6. The highest BCUT2D eigenvalue weighted by atomic mass is 32.1. The summed E-state index contributed by atoms with van der Waals surface area (Å²) >= 11 is 1.16. The Morgan fingerprint density at radius 3 is 2.64 bits per heavy atom. The SMILES string of the molecule is COCCN(C(=O)O)C(C)(C)/C=C(\C#N)C(=O)N1CCCC(NC(=O)c2sc3nccc4c3c2NC(=O)N4c2ccc(Oc3ccccc3)cc2C)C1. The van der Waals surface area contributed by atoms with Gasteiger partial charge in [-0.15, -0.1) is 11.3 Å². The highest BCUT2D eigenvalue weighted by molar-refractivity contribution is 7.21. The van der Waals surface area contributed by atoms with Gasteiger partial charge in [-0.3, -0.25) is 19.4 Å². The number of carbonyl (C=O) groups excluding carboxylic acids is 3. The Balaban J connectivity index is 1.20. The summed E-state index contributed by atoms with van der Waals surface area (Å²) in [6, 6.07) is 17.7. The molecule has 2 aliphatic heterocycles. The number of aromatic nitrogens is 1. The average molecular weight is 738 g/mol. The van der Waals surface area contributed by atoms with Gasteiger partial charge >= 0.3 is 12.1 Å². The van der Waals surface area contributed by atoms with E-state index in [1.165, 1.54) is 18.1 Å². The molecule has 0 bridgehead atoms. The lowest BCUT2D eigenvalue weighted by atomic mass is 9.97. The van der Waals surface area contributed by atoms with Crippen LogP contribution in [0, 0.1) is 18.3 Å². The number of piperidine rings is 1. The smallest absolute Gasteiger partial charge is 0.408 e. The molecule has 2 aromatic heterocycles. The van der Waals surface area contributed by atoms with Gasteiger partial charge in [0, 0.05) is 39.0 Å². The first-order valence-electron chi connectivity index (χ1n) is 17.0. The quantitative estimate of drug-likeness (QED) is 0.112. The number of nitrogens with zero attached hydrogens (tertiary/aromatic N) is 5. The van der Waals surface area contributed by atoms with E-state index >= 15 is 0 Å². The van der Waals surface area contributed by atoms with Crippen LogP contribution in [0.2, 0.25) is 0 Å². The fourth-order valence-electron chi connectivity index (χ4n) is 6.64. The Kier molecular flexibility index (Phi) is 10.6. The second-order valence-corrected chi connectivity index (χ2v) is 14.3. The second kappa shape index (κ2) is 15.3. The number of benzene rings is 2. The van der Waals surface area contributed by atoms with E-state index in [0.717, 1.165) is 21.8 Å². The summed E-state index contributed by atoms with van der Waals surface area (Å²) in [7, 11) is 1.46. The van der Waals surface area contributed by atoms with Crippen LogP contribution in [0.5, 0.6) is 11.5 Å². The standard InChI is InChI=1S/C38H39N7O7S/c1-23-19-27(52-26-10-6-5-7-11-26)12-13-28(23)45-29-14-15-40-34-30(29)31(42-36(45)48)32(53-34)33(46)41-25-9-8-16-43(22-25)35(47)24(21-39)20-38(2,3)44(37(49)50)17-18-51-4/h5-7,10-15,19-20,25H,8-9,16-18,22H2,1-4H3,(H,41,46)(H,42,48)(H,49,50)/b24-20+. The van der Waals surface area contributed by atoms with E-state index in [1.54, 1.807) is 37.1 Å². The molecule has 0 saturated carbocycles. The van der Waals surface area contributed by atoms with E-state index in [-0.39, 0.29) is 30.1 Å². The molecule has 5 amide bonds. The van der Waals surface area contributed by atoms with Gasteiger partial charge in [0.05, 0.1) is 34.6 Å². The Morgan fingerprint density at radius 1 is 1.17 bits per heavy atom. The maximum atomic E-state index is 13.8. The minimum atomic E-state index is -1.21. The van der Waals surface area contributed by atoms with Gasteiger partial charge in [0.1, 0.15) is 32.8 Å². The highest BCUT2D eigenvalue weighted by Gasteiger charge is 2.36. The normalized spacial score (nSPS) is 15.8. The van der Waals surface area contributed by atoms with E-state index in [4.69, 9.17) is 9.47 Å². The van der Waals surface area contributed by atoms with Gasteiger partial charge in [-0.2, -0.15) is 5.26 Å². The minimum absolute atomic E-state index is 0.0482. The zero-order valence-corrected chi connectivity index (χ0v) is 30.5. The molecule has 274 valence electrons. The summed E-state index contributed by atoms with van der Waals surface area (Å²) in [5.74, 6) is 0.343. The van der Waals surface area contributed by atoms with Gasteiger partial charge < -0.3 is 30.1 Å². The maximum absolute atomic E-state index is 13.8. The largest absolute Gasteiger partial charge is 0.465 e.